The molecule has 1 N–H and O–H groups in total. The fourth-order valence-electron chi connectivity index (χ4n) is 3.77. The monoisotopic (exact) mass is 473 g/mol. The van der Waals surface area contributed by atoms with Crippen LogP contribution in [0.15, 0.2) is 52.3 Å². The lowest BCUT2D eigenvalue weighted by molar-refractivity contribution is -0.137. The summed E-state index contributed by atoms with van der Waals surface area (Å²) in [5.41, 5.74) is 0.118. The van der Waals surface area contributed by atoms with Crippen LogP contribution in [0.2, 0.25) is 0 Å². The lowest BCUT2D eigenvalue weighted by atomic mass is 10.1. The van der Waals surface area contributed by atoms with Crippen molar-refractivity contribution in [2.24, 2.45) is 0 Å². The lowest BCUT2D eigenvalue weighted by Gasteiger charge is -2.36. The highest BCUT2D eigenvalue weighted by Gasteiger charge is 2.35. The van der Waals surface area contributed by atoms with Crippen molar-refractivity contribution in [1.82, 2.24) is 9.80 Å². The molecule has 1 saturated heterocycles. The molecule has 168 valence electrons. The number of fused-ring (bicyclic) bond motifs is 2. The summed E-state index contributed by atoms with van der Waals surface area (Å²) in [6.07, 6.45) is -4.48. The predicted octanol–water partition coefficient (Wildman–Crippen LogP) is 3.87. The minimum Gasteiger partial charge on any atom is -0.395 e. The second-order valence-electron chi connectivity index (χ2n) is 7.32. The fourth-order valence-corrected chi connectivity index (χ4v) is 4.81. The van der Waals surface area contributed by atoms with Crippen molar-refractivity contribution < 1.29 is 23.1 Å². The van der Waals surface area contributed by atoms with E-state index in [9.17, 15) is 18.0 Å². The Bertz CT molecular complexity index is 936. The van der Waals surface area contributed by atoms with Gasteiger partial charge in [0.05, 0.1) is 30.1 Å². The summed E-state index contributed by atoms with van der Waals surface area (Å²) in [5, 5.41) is 9.07. The Hall–Kier alpha value is -1.78. The van der Waals surface area contributed by atoms with Crippen LogP contribution in [0.25, 0.3) is 0 Å². The third-order valence-electron chi connectivity index (χ3n) is 5.34. The number of halogens is 4. The van der Waals surface area contributed by atoms with Crippen molar-refractivity contribution in [2.45, 2.75) is 16.0 Å². The smallest absolute Gasteiger partial charge is 0.395 e. The van der Waals surface area contributed by atoms with E-state index in [1.165, 1.54) is 22.7 Å². The molecule has 0 aromatic heterocycles. The van der Waals surface area contributed by atoms with Gasteiger partial charge in [-0.15, -0.1) is 12.4 Å². The van der Waals surface area contributed by atoms with Gasteiger partial charge in [0.25, 0.3) is 0 Å². The largest absolute Gasteiger partial charge is 0.416 e. The third-order valence-corrected chi connectivity index (χ3v) is 6.47. The number of amides is 1. The SMILES string of the molecule is Cl.O=C(CN1CCN(CCO)CC1)N1c2ccccc2Sc2ccc(C(F)(F)F)cc21. The minimum atomic E-state index is -4.48. The molecule has 2 aliphatic heterocycles. The van der Waals surface area contributed by atoms with Crippen LogP contribution in [0.5, 0.6) is 0 Å². The molecule has 0 unspecified atom stereocenters. The number of anilines is 2. The number of aliphatic hydroxyl groups is 1. The van der Waals surface area contributed by atoms with Crippen molar-refractivity contribution >= 4 is 41.5 Å². The van der Waals surface area contributed by atoms with Crippen LogP contribution < -0.4 is 4.90 Å². The summed E-state index contributed by atoms with van der Waals surface area (Å²) >= 11 is 1.37. The van der Waals surface area contributed by atoms with E-state index in [1.807, 2.05) is 17.0 Å². The Morgan fingerprint density at radius 1 is 0.968 bits per heavy atom. The Kier molecular flexibility index (Phi) is 7.54. The van der Waals surface area contributed by atoms with Gasteiger partial charge in [0.1, 0.15) is 0 Å². The van der Waals surface area contributed by atoms with Gasteiger partial charge in [0.2, 0.25) is 5.91 Å². The molecule has 2 aliphatic rings. The zero-order valence-electron chi connectivity index (χ0n) is 16.6. The van der Waals surface area contributed by atoms with E-state index in [0.717, 1.165) is 30.1 Å². The van der Waals surface area contributed by atoms with E-state index in [-0.39, 0.29) is 37.2 Å². The molecule has 5 nitrogen and oxygen atoms in total. The standard InChI is InChI=1S/C21H22F3N3O2S.ClH/c22-21(23,24)15-5-6-19-17(13-15)27(16-3-1-2-4-18(16)30-19)20(29)14-26-9-7-25(8-10-26)11-12-28;/h1-6,13,28H,7-12,14H2;1H. The second-order valence-corrected chi connectivity index (χ2v) is 8.40. The number of aliphatic hydroxyl groups excluding tert-OH is 1. The number of nitrogens with zero attached hydrogens (tertiary/aromatic N) is 3. The molecule has 0 saturated carbocycles. The molecule has 2 aromatic carbocycles. The van der Waals surface area contributed by atoms with Gasteiger partial charge in [0, 0.05) is 42.5 Å². The second kappa shape index (κ2) is 9.79. The number of carbonyl (C=O) groups is 1. The van der Waals surface area contributed by atoms with Crippen molar-refractivity contribution in [2.75, 3.05) is 50.8 Å². The number of alkyl halides is 3. The number of benzene rings is 2. The maximum absolute atomic E-state index is 13.3. The zero-order valence-corrected chi connectivity index (χ0v) is 18.3. The maximum Gasteiger partial charge on any atom is 0.416 e. The van der Waals surface area contributed by atoms with Crippen molar-refractivity contribution in [1.29, 1.82) is 0 Å². The average molecular weight is 474 g/mol. The van der Waals surface area contributed by atoms with Crippen LogP contribution in [-0.2, 0) is 11.0 Å². The number of rotatable bonds is 4. The van der Waals surface area contributed by atoms with Crippen molar-refractivity contribution in [3.63, 3.8) is 0 Å². The summed E-state index contributed by atoms with van der Waals surface area (Å²) in [5.74, 6) is -0.251. The van der Waals surface area contributed by atoms with Gasteiger partial charge in [-0.25, -0.2) is 0 Å². The molecule has 0 atom stereocenters. The summed E-state index contributed by atoms with van der Waals surface area (Å²) in [6.45, 7) is 3.66. The maximum atomic E-state index is 13.3. The molecule has 0 bridgehead atoms. The molecule has 0 spiro atoms. The average Bonchev–Trinajstić information content (AvgIpc) is 2.72. The predicted molar refractivity (Wildman–Crippen MR) is 116 cm³/mol. The highest BCUT2D eigenvalue weighted by Crippen LogP contribution is 2.49. The van der Waals surface area contributed by atoms with Gasteiger partial charge in [-0.2, -0.15) is 13.2 Å². The van der Waals surface area contributed by atoms with E-state index >= 15 is 0 Å². The molecule has 2 aromatic rings. The van der Waals surface area contributed by atoms with Crippen LogP contribution in [0.3, 0.4) is 0 Å². The van der Waals surface area contributed by atoms with Gasteiger partial charge < -0.3 is 5.11 Å². The molecule has 1 fully saturated rings. The van der Waals surface area contributed by atoms with Gasteiger partial charge in [0.15, 0.2) is 0 Å². The van der Waals surface area contributed by atoms with E-state index in [4.69, 9.17) is 5.11 Å². The Morgan fingerprint density at radius 2 is 1.61 bits per heavy atom. The first-order chi connectivity index (χ1) is 14.4. The molecular weight excluding hydrogens is 451 g/mol. The summed E-state index contributed by atoms with van der Waals surface area (Å²) in [6, 6.07) is 10.8. The number of carbonyl (C=O) groups excluding carboxylic acids is 1. The van der Waals surface area contributed by atoms with Crippen molar-refractivity contribution in [3.05, 3.63) is 48.0 Å². The van der Waals surface area contributed by atoms with Gasteiger partial charge >= 0.3 is 6.18 Å². The highest BCUT2D eigenvalue weighted by atomic mass is 35.5. The van der Waals surface area contributed by atoms with E-state index in [0.29, 0.717) is 30.2 Å². The Balaban J connectivity index is 0.00000272. The number of hydrogen-bond acceptors (Lipinski definition) is 5. The van der Waals surface area contributed by atoms with Gasteiger partial charge in [-0.3, -0.25) is 19.5 Å². The third kappa shape index (κ3) is 5.18. The molecule has 4 rings (SSSR count). The number of hydrogen-bond donors (Lipinski definition) is 1. The Labute approximate surface area is 189 Å². The molecular formula is C21H23ClF3N3O2S. The topological polar surface area (TPSA) is 47.0 Å². The summed E-state index contributed by atoms with van der Waals surface area (Å²) < 4.78 is 39.9. The molecule has 31 heavy (non-hydrogen) atoms. The first kappa shape index (κ1) is 23.9. The molecule has 0 aliphatic carbocycles. The van der Waals surface area contributed by atoms with Crippen LogP contribution in [0.1, 0.15) is 5.56 Å². The van der Waals surface area contributed by atoms with E-state index in [1.54, 1.807) is 12.1 Å². The first-order valence-electron chi connectivity index (χ1n) is 9.73. The van der Waals surface area contributed by atoms with Crippen LogP contribution >= 0.6 is 24.2 Å². The van der Waals surface area contributed by atoms with Crippen LogP contribution in [0.4, 0.5) is 24.5 Å². The fraction of sp³-hybridized carbons (Fsp3) is 0.381. The van der Waals surface area contributed by atoms with E-state index in [2.05, 4.69) is 4.90 Å². The molecule has 1 amide bonds. The number of β-amino-alcohol motifs (C(OH)–C–C–N with tert-alkyl or cyclic N) is 1. The number of para-hydroxylation sites is 1. The Morgan fingerprint density at radius 3 is 2.29 bits per heavy atom. The van der Waals surface area contributed by atoms with Crippen LogP contribution in [0, 0.1) is 0 Å². The molecule has 2 heterocycles. The lowest BCUT2D eigenvalue weighted by Crippen LogP contribution is -2.50. The summed E-state index contributed by atoms with van der Waals surface area (Å²) in [4.78, 5) is 20.3. The summed E-state index contributed by atoms with van der Waals surface area (Å²) in [7, 11) is 0. The molecule has 0 radical (unpaired) electrons. The van der Waals surface area contributed by atoms with E-state index < -0.39 is 11.7 Å². The van der Waals surface area contributed by atoms with Crippen LogP contribution in [-0.4, -0.2) is 66.7 Å². The highest BCUT2D eigenvalue weighted by molar-refractivity contribution is 7.99. The molecule has 10 heteroatoms. The zero-order chi connectivity index (χ0) is 21.3. The van der Waals surface area contributed by atoms with Crippen molar-refractivity contribution in [3.8, 4) is 0 Å². The minimum absolute atomic E-state index is 0. The quantitative estimate of drug-likeness (QED) is 0.730. The normalized spacial score (nSPS) is 17.0. The number of piperazine rings is 1. The van der Waals surface area contributed by atoms with Gasteiger partial charge in [-0.05, 0) is 30.3 Å². The first-order valence-corrected chi connectivity index (χ1v) is 10.5. The van der Waals surface area contributed by atoms with Gasteiger partial charge in [-0.1, -0.05) is 23.9 Å².